The third-order valence-corrected chi connectivity index (χ3v) is 3.23. The Morgan fingerprint density at radius 3 is 2.93 bits per heavy atom. The van der Waals surface area contributed by atoms with Crippen LogP contribution < -0.4 is 0 Å². The minimum atomic E-state index is -2.52. The Bertz CT molecular complexity index is 348. The fourth-order valence-corrected chi connectivity index (χ4v) is 1.96. The topological polar surface area (TPSA) is 26.3 Å². The van der Waals surface area contributed by atoms with Crippen LogP contribution in [0.1, 0.15) is 22.5 Å². The summed E-state index contributed by atoms with van der Waals surface area (Å²) in [7, 11) is 0. The number of hydrogen-bond acceptors (Lipinski definition) is 3. The highest BCUT2D eigenvalue weighted by atomic mass is 32.1. The van der Waals surface area contributed by atoms with Gasteiger partial charge in [0.1, 0.15) is 4.88 Å². The minimum absolute atomic E-state index is 0.0659. The molecule has 0 N–H and O–H groups in total. The number of halogens is 2. The summed E-state index contributed by atoms with van der Waals surface area (Å²) in [5, 5.41) is 1.77. The molecule has 1 aromatic rings. The van der Waals surface area contributed by atoms with Crippen molar-refractivity contribution in [2.45, 2.75) is 18.8 Å². The summed E-state index contributed by atoms with van der Waals surface area (Å²) >= 11 is 1.28. The van der Waals surface area contributed by atoms with Crippen molar-refractivity contribution in [1.29, 1.82) is 0 Å². The van der Waals surface area contributed by atoms with E-state index < -0.39 is 17.8 Å². The Hall–Kier alpha value is -0.970. The highest BCUT2D eigenvalue weighted by Crippen LogP contribution is 2.50. The molecule has 2 nitrogen and oxygen atoms in total. The molecular formula is C10H10F2O2S. The Morgan fingerprint density at radius 1 is 1.67 bits per heavy atom. The highest BCUT2D eigenvalue weighted by molar-refractivity contribution is 7.11. The van der Waals surface area contributed by atoms with Crippen molar-refractivity contribution < 1.29 is 18.3 Å². The number of ether oxygens (including phenoxy) is 1. The third-order valence-electron chi connectivity index (χ3n) is 2.38. The zero-order chi connectivity index (χ0) is 10.9. The molecule has 0 spiro atoms. The molecule has 0 bridgehead atoms. The summed E-state index contributed by atoms with van der Waals surface area (Å²) in [5.74, 6) is -3.53. The van der Waals surface area contributed by atoms with E-state index in [2.05, 4.69) is 0 Å². The smallest absolute Gasteiger partial charge is 0.348 e. The molecule has 0 amide bonds. The molecule has 1 unspecified atom stereocenters. The first-order valence-electron chi connectivity index (χ1n) is 4.68. The monoisotopic (exact) mass is 232 g/mol. The van der Waals surface area contributed by atoms with Crippen LogP contribution in [-0.4, -0.2) is 18.5 Å². The van der Waals surface area contributed by atoms with Gasteiger partial charge in [0.15, 0.2) is 0 Å². The van der Waals surface area contributed by atoms with Crippen molar-refractivity contribution in [3.63, 3.8) is 0 Å². The van der Waals surface area contributed by atoms with Crippen LogP contribution in [-0.2, 0) is 4.74 Å². The first kappa shape index (κ1) is 10.5. The van der Waals surface area contributed by atoms with E-state index in [9.17, 15) is 13.6 Å². The Balaban J connectivity index is 1.69. The van der Waals surface area contributed by atoms with Gasteiger partial charge in [0.25, 0.3) is 5.92 Å². The SMILES string of the molecule is O=C(OCCC1CC1(F)F)c1cccs1. The maximum Gasteiger partial charge on any atom is 0.348 e. The second kappa shape index (κ2) is 3.89. The lowest BCUT2D eigenvalue weighted by Crippen LogP contribution is -2.06. The second-order valence-electron chi connectivity index (χ2n) is 3.56. The van der Waals surface area contributed by atoms with Gasteiger partial charge >= 0.3 is 5.97 Å². The summed E-state index contributed by atoms with van der Waals surface area (Å²) in [6.45, 7) is 0.0803. The van der Waals surface area contributed by atoms with Crippen LogP contribution in [0.25, 0.3) is 0 Å². The van der Waals surface area contributed by atoms with Crippen LogP contribution in [0.4, 0.5) is 8.78 Å². The average molecular weight is 232 g/mol. The minimum Gasteiger partial charge on any atom is -0.461 e. The van der Waals surface area contributed by atoms with Crippen molar-refractivity contribution in [2.75, 3.05) is 6.61 Å². The Kier molecular flexibility index (Phi) is 2.73. The van der Waals surface area contributed by atoms with Gasteiger partial charge in [-0.05, 0) is 17.9 Å². The lowest BCUT2D eigenvalue weighted by Gasteiger charge is -2.02. The molecule has 2 rings (SSSR count). The molecule has 1 aromatic heterocycles. The van der Waals surface area contributed by atoms with E-state index in [1.54, 1.807) is 17.5 Å². The number of carbonyl (C=O) groups excluding carboxylic acids is 1. The van der Waals surface area contributed by atoms with E-state index >= 15 is 0 Å². The summed E-state index contributed by atoms with van der Waals surface area (Å²) in [6, 6.07) is 3.40. The first-order chi connectivity index (χ1) is 7.09. The summed E-state index contributed by atoms with van der Waals surface area (Å²) in [5.41, 5.74) is 0. The van der Waals surface area contributed by atoms with Gasteiger partial charge in [0.2, 0.25) is 0 Å². The average Bonchev–Trinajstić information content (AvgIpc) is 2.68. The van der Waals surface area contributed by atoms with Crippen LogP contribution in [0.5, 0.6) is 0 Å². The van der Waals surface area contributed by atoms with Crippen molar-refractivity contribution in [1.82, 2.24) is 0 Å². The molecule has 0 aromatic carbocycles. The van der Waals surface area contributed by atoms with E-state index in [1.165, 1.54) is 11.3 Å². The lowest BCUT2D eigenvalue weighted by molar-refractivity contribution is 0.0457. The number of esters is 1. The molecule has 1 aliphatic carbocycles. The van der Waals surface area contributed by atoms with Crippen molar-refractivity contribution in [3.8, 4) is 0 Å². The fraction of sp³-hybridized carbons (Fsp3) is 0.500. The largest absolute Gasteiger partial charge is 0.461 e. The maximum atomic E-state index is 12.5. The highest BCUT2D eigenvalue weighted by Gasteiger charge is 2.56. The van der Waals surface area contributed by atoms with E-state index in [0.717, 1.165) is 0 Å². The molecule has 1 heterocycles. The quantitative estimate of drug-likeness (QED) is 0.746. The van der Waals surface area contributed by atoms with Gasteiger partial charge in [-0.1, -0.05) is 6.07 Å². The van der Waals surface area contributed by atoms with Crippen LogP contribution in [0.2, 0.25) is 0 Å². The van der Waals surface area contributed by atoms with Gasteiger partial charge in [-0.2, -0.15) is 0 Å². The Labute approximate surface area is 89.9 Å². The molecule has 15 heavy (non-hydrogen) atoms. The van der Waals surface area contributed by atoms with E-state index in [-0.39, 0.29) is 19.4 Å². The van der Waals surface area contributed by atoms with Gasteiger partial charge in [-0.25, -0.2) is 13.6 Å². The van der Waals surface area contributed by atoms with Crippen LogP contribution in [0, 0.1) is 5.92 Å². The Morgan fingerprint density at radius 2 is 2.40 bits per heavy atom. The van der Waals surface area contributed by atoms with Crippen LogP contribution >= 0.6 is 11.3 Å². The van der Waals surface area contributed by atoms with E-state index in [1.807, 2.05) is 0 Å². The molecule has 1 atom stereocenters. The van der Waals surface area contributed by atoms with Crippen molar-refractivity contribution in [2.24, 2.45) is 5.92 Å². The summed E-state index contributed by atoms with van der Waals surface area (Å²) in [6.07, 6.45) is 0.188. The summed E-state index contributed by atoms with van der Waals surface area (Å²) in [4.78, 5) is 11.8. The fourth-order valence-electron chi connectivity index (χ4n) is 1.34. The number of alkyl halides is 2. The van der Waals surface area contributed by atoms with Crippen molar-refractivity contribution in [3.05, 3.63) is 22.4 Å². The van der Waals surface area contributed by atoms with Gasteiger partial charge in [0.05, 0.1) is 6.61 Å². The molecule has 82 valence electrons. The van der Waals surface area contributed by atoms with Gasteiger partial charge < -0.3 is 4.74 Å². The van der Waals surface area contributed by atoms with E-state index in [4.69, 9.17) is 4.74 Å². The predicted molar refractivity (Wildman–Crippen MR) is 52.3 cm³/mol. The first-order valence-corrected chi connectivity index (χ1v) is 5.56. The van der Waals surface area contributed by atoms with Gasteiger partial charge in [0, 0.05) is 12.3 Å². The molecule has 1 fully saturated rings. The van der Waals surface area contributed by atoms with Crippen molar-refractivity contribution >= 4 is 17.3 Å². The van der Waals surface area contributed by atoms with E-state index in [0.29, 0.717) is 4.88 Å². The normalized spacial score (nSPS) is 22.4. The van der Waals surface area contributed by atoms with Gasteiger partial charge in [-0.15, -0.1) is 11.3 Å². The molecule has 1 saturated carbocycles. The number of hydrogen-bond donors (Lipinski definition) is 0. The molecule has 5 heteroatoms. The molecular weight excluding hydrogens is 222 g/mol. The number of carbonyl (C=O) groups is 1. The standard InChI is InChI=1S/C10H10F2O2S/c11-10(12)6-7(10)3-4-14-9(13)8-2-1-5-15-8/h1-2,5,7H,3-4,6H2. The predicted octanol–water partition coefficient (Wildman–Crippen LogP) is 2.95. The number of thiophene rings is 1. The molecule has 0 aliphatic heterocycles. The summed E-state index contributed by atoms with van der Waals surface area (Å²) < 4.78 is 29.8. The zero-order valence-corrected chi connectivity index (χ0v) is 8.73. The zero-order valence-electron chi connectivity index (χ0n) is 7.91. The van der Waals surface area contributed by atoms with Crippen LogP contribution in [0.15, 0.2) is 17.5 Å². The number of rotatable bonds is 4. The van der Waals surface area contributed by atoms with Crippen LogP contribution in [0.3, 0.4) is 0 Å². The lowest BCUT2D eigenvalue weighted by atomic mass is 10.3. The third kappa shape index (κ3) is 2.53. The molecule has 0 saturated heterocycles. The van der Waals surface area contributed by atoms with Gasteiger partial charge in [-0.3, -0.25) is 0 Å². The second-order valence-corrected chi connectivity index (χ2v) is 4.51. The maximum absolute atomic E-state index is 12.5. The molecule has 0 radical (unpaired) electrons. The molecule has 1 aliphatic rings.